The molecule has 1 aromatic heterocycles. The Kier molecular flexibility index (Phi) is 6.21. The predicted molar refractivity (Wildman–Crippen MR) is 83.7 cm³/mol. The number of nitrogens with zero attached hydrogens (tertiary/aromatic N) is 1. The van der Waals surface area contributed by atoms with E-state index in [1.165, 1.54) is 6.07 Å². The van der Waals surface area contributed by atoms with Crippen LogP contribution < -0.4 is 59.1 Å². The van der Waals surface area contributed by atoms with Crippen molar-refractivity contribution >= 4 is 38.2 Å². The van der Waals surface area contributed by atoms with Gasteiger partial charge in [-0.1, -0.05) is 10.9 Å². The fourth-order valence-corrected chi connectivity index (χ4v) is 3.15. The number of H-pyrrole nitrogens is 1. The third kappa shape index (κ3) is 3.44. The number of fused-ring (bicyclic) bond motifs is 2. The Balaban J connectivity index is 0.00000121. The predicted octanol–water partition coefficient (Wildman–Crippen LogP) is -4.10. The Morgan fingerprint density at radius 3 is 2.58 bits per heavy atom. The summed E-state index contributed by atoms with van der Waals surface area (Å²) in [7, 11) is -4.67. The number of nitrogens with one attached hydrogen (secondary N) is 1. The van der Waals surface area contributed by atoms with Gasteiger partial charge in [0.1, 0.15) is 15.8 Å². The Morgan fingerprint density at radius 2 is 1.92 bits per heavy atom. The molecule has 0 fully saturated rings. The second-order valence-corrected chi connectivity index (χ2v) is 6.62. The number of benzene rings is 2. The van der Waals surface area contributed by atoms with Crippen molar-refractivity contribution in [1.29, 1.82) is 0 Å². The van der Waals surface area contributed by atoms with E-state index in [0.717, 1.165) is 12.1 Å². The van der Waals surface area contributed by atoms with Crippen molar-refractivity contribution in [1.82, 2.24) is 4.98 Å². The first-order valence-corrected chi connectivity index (χ1v) is 8.21. The molecule has 2 heterocycles. The average molecular weight is 386 g/mol. The number of Topliss-reactive ketones (excluding diaryl/α,β-unsaturated/α-hetero) is 1. The number of rotatable bonds is 2. The quantitative estimate of drug-likeness (QED) is 0.263. The molecule has 0 bridgehead atoms. The van der Waals surface area contributed by atoms with Crippen LogP contribution in [0, 0.1) is 6.07 Å². The summed E-state index contributed by atoms with van der Waals surface area (Å²) in [5.74, 6) is -0.709. The standard InChI is InChI=1S/C16H9N2O5S.2Na/c19-15-9-3-1-2-4-11(9)17-13(15)14-16(20)10-7-8(24(21,22)23)5-6-12(10)18-14;;/h2-7,17,19H,(H,21,22,23);;/q-1;2*+1/p-1. The van der Waals surface area contributed by atoms with Crippen LogP contribution in [0.5, 0.6) is 5.75 Å². The van der Waals surface area contributed by atoms with Gasteiger partial charge in [-0.3, -0.25) is 4.79 Å². The molecular formula is C16H8N2Na2O5S. The van der Waals surface area contributed by atoms with E-state index >= 15 is 0 Å². The first kappa shape index (κ1) is 21.3. The van der Waals surface area contributed by atoms with E-state index in [1.54, 1.807) is 18.2 Å². The fraction of sp³-hybridized carbons (Fsp3) is 0. The van der Waals surface area contributed by atoms with Gasteiger partial charge in [-0.25, -0.2) is 13.4 Å². The first-order valence-electron chi connectivity index (χ1n) is 6.81. The second kappa shape index (κ2) is 7.57. The Hall–Kier alpha value is -0.970. The molecule has 2 aromatic carbocycles. The normalized spacial score (nSPS) is 13.0. The molecule has 26 heavy (non-hydrogen) atoms. The Labute approximate surface area is 192 Å². The van der Waals surface area contributed by atoms with Crippen molar-refractivity contribution in [3.63, 3.8) is 0 Å². The van der Waals surface area contributed by atoms with Gasteiger partial charge in [0.15, 0.2) is 0 Å². The van der Waals surface area contributed by atoms with E-state index in [-0.39, 0.29) is 87.5 Å². The van der Waals surface area contributed by atoms with Crippen LogP contribution in [0.25, 0.3) is 10.9 Å². The van der Waals surface area contributed by atoms with E-state index in [9.17, 15) is 22.9 Å². The molecule has 0 amide bonds. The number of aromatic hydroxyl groups is 1. The SMILES string of the molecule is O=C1C(c2[nH]c3cc[c-]cc3c2O)=Nc2ccc(S(=O)(=O)[O-])cc21.[Na+].[Na+]. The smallest absolute Gasteiger partial charge is 0.744 e. The van der Waals surface area contributed by atoms with E-state index in [1.807, 2.05) is 0 Å². The van der Waals surface area contributed by atoms with Crippen LogP contribution >= 0.6 is 0 Å². The largest absolute Gasteiger partial charge is 1.00 e. The first-order chi connectivity index (χ1) is 11.4. The molecule has 0 saturated carbocycles. The maximum atomic E-state index is 12.5. The number of hydrogen-bond acceptors (Lipinski definition) is 6. The number of aromatic nitrogens is 1. The molecule has 2 N–H and O–H groups in total. The van der Waals surface area contributed by atoms with Gasteiger partial charge in [-0.05, 0) is 18.2 Å². The zero-order valence-corrected chi connectivity index (χ0v) is 18.7. The maximum absolute atomic E-state index is 12.5. The van der Waals surface area contributed by atoms with Crippen molar-refractivity contribution in [3.05, 3.63) is 53.7 Å². The van der Waals surface area contributed by atoms with Crippen molar-refractivity contribution < 1.29 is 82.0 Å². The minimum atomic E-state index is -4.67. The molecule has 0 spiro atoms. The second-order valence-electron chi connectivity index (χ2n) is 5.24. The molecule has 3 aromatic rings. The number of ketones is 1. The molecule has 0 atom stereocenters. The van der Waals surface area contributed by atoms with Crippen LogP contribution in [0.2, 0.25) is 0 Å². The molecule has 0 radical (unpaired) electrons. The van der Waals surface area contributed by atoms with Gasteiger partial charge < -0.3 is 14.6 Å². The fourth-order valence-electron chi connectivity index (χ4n) is 2.65. The molecular weight excluding hydrogens is 378 g/mol. The van der Waals surface area contributed by atoms with Crippen LogP contribution in [0.1, 0.15) is 16.1 Å². The van der Waals surface area contributed by atoms with Crippen LogP contribution in [-0.2, 0) is 10.1 Å². The molecule has 1 aliphatic rings. The average Bonchev–Trinajstić information content (AvgIpc) is 3.05. The Bertz CT molecular complexity index is 1170. The summed E-state index contributed by atoms with van der Waals surface area (Å²) in [5, 5.41) is 10.8. The van der Waals surface area contributed by atoms with Gasteiger partial charge in [0.25, 0.3) is 0 Å². The van der Waals surface area contributed by atoms with Gasteiger partial charge in [0.2, 0.25) is 5.78 Å². The van der Waals surface area contributed by atoms with Crippen molar-refractivity contribution in [2.75, 3.05) is 0 Å². The number of carbonyl (C=O) groups excluding carboxylic acids is 1. The molecule has 1 aliphatic heterocycles. The van der Waals surface area contributed by atoms with Crippen molar-refractivity contribution in [2.45, 2.75) is 4.90 Å². The zero-order valence-electron chi connectivity index (χ0n) is 13.9. The van der Waals surface area contributed by atoms with E-state index in [4.69, 9.17) is 0 Å². The summed E-state index contributed by atoms with van der Waals surface area (Å²) in [6.45, 7) is 0. The van der Waals surface area contributed by atoms with Gasteiger partial charge in [-0.15, -0.1) is 6.07 Å². The van der Waals surface area contributed by atoms with Gasteiger partial charge in [-0.2, -0.15) is 18.2 Å². The molecule has 10 heteroatoms. The summed E-state index contributed by atoms with van der Waals surface area (Å²) in [6.07, 6.45) is 0. The zero-order chi connectivity index (χ0) is 17.1. The monoisotopic (exact) mass is 386 g/mol. The van der Waals surface area contributed by atoms with Crippen molar-refractivity contribution in [3.8, 4) is 5.75 Å². The minimum Gasteiger partial charge on any atom is -0.744 e. The number of hydrogen-bond donors (Lipinski definition) is 2. The van der Waals surface area contributed by atoms with Crippen LogP contribution in [0.4, 0.5) is 5.69 Å². The number of aliphatic imine (C=N–C) groups is 1. The minimum absolute atomic E-state index is 0. The number of aromatic amines is 1. The van der Waals surface area contributed by atoms with Crippen LogP contribution in [0.3, 0.4) is 0 Å². The summed E-state index contributed by atoms with van der Waals surface area (Å²) >= 11 is 0. The Morgan fingerprint density at radius 1 is 1.19 bits per heavy atom. The number of carbonyl (C=O) groups is 1. The van der Waals surface area contributed by atoms with E-state index in [2.05, 4.69) is 16.0 Å². The third-order valence-corrected chi connectivity index (χ3v) is 4.63. The molecule has 0 saturated heterocycles. The summed E-state index contributed by atoms with van der Waals surface area (Å²) < 4.78 is 33.3. The van der Waals surface area contributed by atoms with E-state index < -0.39 is 20.8 Å². The van der Waals surface area contributed by atoms with Gasteiger partial charge >= 0.3 is 59.1 Å². The summed E-state index contributed by atoms with van der Waals surface area (Å²) in [4.78, 5) is 19.1. The summed E-state index contributed by atoms with van der Waals surface area (Å²) in [5.41, 5.74) is 0.950. The molecule has 120 valence electrons. The summed E-state index contributed by atoms with van der Waals surface area (Å²) in [6, 6.07) is 11.1. The molecule has 0 unspecified atom stereocenters. The topological polar surface area (TPSA) is 123 Å². The van der Waals surface area contributed by atoms with Gasteiger partial charge in [0.05, 0.1) is 27.6 Å². The van der Waals surface area contributed by atoms with Crippen LogP contribution in [-0.4, -0.2) is 34.6 Å². The van der Waals surface area contributed by atoms with Gasteiger partial charge in [0, 0.05) is 0 Å². The maximum Gasteiger partial charge on any atom is 1.00 e. The third-order valence-electron chi connectivity index (χ3n) is 3.80. The molecule has 4 rings (SSSR count). The van der Waals surface area contributed by atoms with Crippen molar-refractivity contribution in [2.24, 2.45) is 4.99 Å². The molecule has 7 nitrogen and oxygen atoms in total. The van der Waals surface area contributed by atoms with E-state index in [0.29, 0.717) is 10.9 Å². The van der Waals surface area contributed by atoms with Crippen LogP contribution in [0.15, 0.2) is 46.3 Å². The molecule has 0 aliphatic carbocycles.